The molecule has 1 aromatic heterocycles. The van der Waals surface area contributed by atoms with Crippen LogP contribution in [0.4, 0.5) is 0 Å². The molecule has 0 unspecified atom stereocenters. The Morgan fingerprint density at radius 3 is 2.50 bits per heavy atom. The Kier molecular flexibility index (Phi) is 5.13. The lowest BCUT2D eigenvalue weighted by Crippen LogP contribution is -2.47. The van der Waals surface area contributed by atoms with Gasteiger partial charge >= 0.3 is 0 Å². The smallest absolute Gasteiger partial charge is 0.236 e. The quantitative estimate of drug-likeness (QED) is 0.771. The highest BCUT2D eigenvalue weighted by molar-refractivity contribution is 6.04. The summed E-state index contributed by atoms with van der Waals surface area (Å²) in [6.07, 6.45) is 5.11. The molecule has 160 valence electrons. The van der Waals surface area contributed by atoms with Gasteiger partial charge in [-0.1, -0.05) is 39.0 Å². The average molecular weight is 408 g/mol. The topological polar surface area (TPSA) is 45.6 Å². The maximum absolute atomic E-state index is 13.1. The number of fused-ring (bicyclic) bond motifs is 2. The van der Waals surface area contributed by atoms with Crippen molar-refractivity contribution in [1.82, 2.24) is 14.4 Å². The van der Waals surface area contributed by atoms with Crippen LogP contribution in [-0.2, 0) is 11.2 Å². The number of likely N-dealkylation sites (N-methyl/N-ethyl adjacent to an activating group) is 1. The number of hydrogen-bond acceptors (Lipinski definition) is 3. The molecule has 1 aromatic carbocycles. The zero-order valence-electron chi connectivity index (χ0n) is 19.0. The summed E-state index contributed by atoms with van der Waals surface area (Å²) in [5.41, 5.74) is 4.15. The molecule has 5 nitrogen and oxygen atoms in total. The highest BCUT2D eigenvalue weighted by Gasteiger charge is 2.37. The van der Waals surface area contributed by atoms with E-state index in [2.05, 4.69) is 24.1 Å². The Balaban J connectivity index is 1.84. The van der Waals surface area contributed by atoms with Crippen LogP contribution in [0.2, 0.25) is 0 Å². The van der Waals surface area contributed by atoms with Crippen LogP contribution < -0.4 is 0 Å². The standard InChI is InChI=1S/C25H33N3O2/c1-7-27(8-2)23(29)17-12-19-18-10-9-11-20-22(18)16(13-21(19)26(6)14-17)15-28(20)24(30)25(3,4)5/h9-12,15,17,21H,7-8,13-14H2,1-6H3/t17-,21-/m1/s1. The summed E-state index contributed by atoms with van der Waals surface area (Å²) in [5.74, 6) is 0.185. The van der Waals surface area contributed by atoms with Crippen molar-refractivity contribution in [1.29, 1.82) is 0 Å². The van der Waals surface area contributed by atoms with Crippen molar-refractivity contribution in [2.75, 3.05) is 26.7 Å². The fourth-order valence-electron chi connectivity index (χ4n) is 5.01. The van der Waals surface area contributed by atoms with Crippen molar-refractivity contribution < 1.29 is 9.59 Å². The lowest BCUT2D eigenvalue weighted by atomic mass is 9.79. The van der Waals surface area contributed by atoms with Crippen LogP contribution in [0.1, 0.15) is 50.5 Å². The van der Waals surface area contributed by atoms with Gasteiger partial charge in [0.15, 0.2) is 0 Å². The summed E-state index contributed by atoms with van der Waals surface area (Å²) < 4.78 is 1.84. The molecule has 2 heterocycles. The number of nitrogens with zero attached hydrogens (tertiary/aromatic N) is 3. The van der Waals surface area contributed by atoms with E-state index in [1.165, 1.54) is 22.1 Å². The van der Waals surface area contributed by atoms with Crippen LogP contribution in [-0.4, -0.2) is 58.9 Å². The molecule has 0 bridgehead atoms. The SMILES string of the molecule is CCN(CC)C(=O)[C@@H]1C=C2c3cccc4c3c(cn4C(=O)C(C)(C)C)C[C@H]2N(C)C1. The van der Waals surface area contributed by atoms with E-state index >= 15 is 0 Å². The van der Waals surface area contributed by atoms with Gasteiger partial charge in [-0.05, 0) is 50.1 Å². The molecule has 0 spiro atoms. The largest absolute Gasteiger partial charge is 0.343 e. The first-order valence-electron chi connectivity index (χ1n) is 11.1. The predicted octanol–water partition coefficient (Wildman–Crippen LogP) is 4.07. The van der Waals surface area contributed by atoms with Crippen LogP contribution in [0.15, 0.2) is 30.5 Å². The molecule has 0 N–H and O–H groups in total. The minimum atomic E-state index is -0.447. The van der Waals surface area contributed by atoms with Crippen LogP contribution in [0.5, 0.6) is 0 Å². The summed E-state index contributed by atoms with van der Waals surface area (Å²) in [6.45, 7) is 12.2. The van der Waals surface area contributed by atoms with E-state index in [4.69, 9.17) is 0 Å². The maximum Gasteiger partial charge on any atom is 0.236 e. The van der Waals surface area contributed by atoms with Crippen LogP contribution in [0.3, 0.4) is 0 Å². The number of aromatic nitrogens is 1. The molecule has 0 saturated carbocycles. The molecule has 0 fully saturated rings. The van der Waals surface area contributed by atoms with Crippen LogP contribution in [0, 0.1) is 11.3 Å². The van der Waals surface area contributed by atoms with Crippen LogP contribution in [0.25, 0.3) is 16.5 Å². The molecular formula is C25H33N3O2. The minimum Gasteiger partial charge on any atom is -0.343 e. The fourth-order valence-corrected chi connectivity index (χ4v) is 5.01. The molecule has 0 radical (unpaired) electrons. The van der Waals surface area contributed by atoms with Crippen molar-refractivity contribution >= 4 is 28.3 Å². The second kappa shape index (κ2) is 7.38. The van der Waals surface area contributed by atoms with E-state index in [0.29, 0.717) is 0 Å². The number of carbonyl (C=O) groups excluding carboxylic acids is 2. The summed E-state index contributed by atoms with van der Waals surface area (Å²) in [7, 11) is 2.11. The maximum atomic E-state index is 13.1. The van der Waals surface area contributed by atoms with E-state index in [1.54, 1.807) is 0 Å². The highest BCUT2D eigenvalue weighted by Crippen LogP contribution is 2.42. The predicted molar refractivity (Wildman–Crippen MR) is 122 cm³/mol. The molecule has 1 amide bonds. The molecule has 5 heteroatoms. The third-order valence-electron chi connectivity index (χ3n) is 6.64. The number of amides is 1. The summed E-state index contributed by atoms with van der Waals surface area (Å²) in [6, 6.07) is 6.46. The third-order valence-corrected chi connectivity index (χ3v) is 6.64. The van der Waals surface area contributed by atoms with Crippen molar-refractivity contribution in [3.8, 4) is 0 Å². The van der Waals surface area contributed by atoms with Crippen molar-refractivity contribution in [3.63, 3.8) is 0 Å². The average Bonchev–Trinajstić information content (AvgIpc) is 3.08. The van der Waals surface area contributed by atoms with Gasteiger partial charge in [0.05, 0.1) is 11.4 Å². The van der Waals surface area contributed by atoms with Crippen molar-refractivity contribution in [2.24, 2.45) is 11.3 Å². The number of carbonyl (C=O) groups is 2. The van der Waals surface area contributed by atoms with Gasteiger partial charge in [-0.3, -0.25) is 19.1 Å². The number of rotatable bonds is 3. The third kappa shape index (κ3) is 3.20. The first-order valence-corrected chi connectivity index (χ1v) is 11.1. The molecule has 0 saturated heterocycles. The lowest BCUT2D eigenvalue weighted by molar-refractivity contribution is -0.134. The first kappa shape index (κ1) is 20.9. The van der Waals surface area contributed by atoms with Gasteiger partial charge in [-0.25, -0.2) is 0 Å². The lowest BCUT2D eigenvalue weighted by Gasteiger charge is -2.40. The zero-order chi connectivity index (χ0) is 21.8. The van der Waals surface area contributed by atoms with E-state index in [-0.39, 0.29) is 23.8 Å². The van der Waals surface area contributed by atoms with Gasteiger partial charge in [-0.2, -0.15) is 0 Å². The second-order valence-electron chi connectivity index (χ2n) is 9.68. The van der Waals surface area contributed by atoms with Gasteiger partial charge in [-0.15, -0.1) is 0 Å². The van der Waals surface area contributed by atoms with Crippen LogP contribution >= 0.6 is 0 Å². The van der Waals surface area contributed by atoms with E-state index in [9.17, 15) is 9.59 Å². The highest BCUT2D eigenvalue weighted by atomic mass is 16.2. The molecule has 2 atom stereocenters. The van der Waals surface area contributed by atoms with E-state index < -0.39 is 5.41 Å². The Labute approximate surface area is 179 Å². The normalized spacial score (nSPS) is 21.3. The summed E-state index contributed by atoms with van der Waals surface area (Å²) >= 11 is 0. The monoisotopic (exact) mass is 407 g/mol. The van der Waals surface area contributed by atoms with Crippen molar-refractivity contribution in [3.05, 3.63) is 41.6 Å². The Morgan fingerprint density at radius 2 is 1.87 bits per heavy atom. The first-order chi connectivity index (χ1) is 14.2. The second-order valence-corrected chi connectivity index (χ2v) is 9.68. The molecule has 1 aliphatic heterocycles. The van der Waals surface area contributed by atoms with Crippen molar-refractivity contribution in [2.45, 2.75) is 47.1 Å². The number of hydrogen-bond donors (Lipinski definition) is 0. The summed E-state index contributed by atoms with van der Waals surface area (Å²) in [4.78, 5) is 30.4. The van der Waals surface area contributed by atoms with Gasteiger partial charge in [0.1, 0.15) is 0 Å². The Morgan fingerprint density at radius 1 is 1.17 bits per heavy atom. The Hall–Kier alpha value is -2.40. The Bertz CT molecular complexity index is 1040. The molecular weight excluding hydrogens is 374 g/mol. The minimum absolute atomic E-state index is 0.109. The van der Waals surface area contributed by atoms with E-state index in [0.717, 1.165) is 31.6 Å². The molecule has 1 aliphatic carbocycles. The van der Waals surface area contributed by atoms with E-state index in [1.807, 2.05) is 62.4 Å². The molecule has 2 aliphatic rings. The molecule has 4 rings (SSSR count). The molecule has 2 aromatic rings. The zero-order valence-corrected chi connectivity index (χ0v) is 19.0. The molecule has 30 heavy (non-hydrogen) atoms. The number of benzene rings is 1. The van der Waals surface area contributed by atoms with Gasteiger partial charge < -0.3 is 4.90 Å². The fraction of sp³-hybridized carbons (Fsp3) is 0.520. The van der Waals surface area contributed by atoms with Gasteiger partial charge in [0.2, 0.25) is 11.8 Å². The van der Waals surface area contributed by atoms with Gasteiger partial charge in [0, 0.05) is 42.7 Å². The summed E-state index contributed by atoms with van der Waals surface area (Å²) in [5, 5.41) is 1.17. The van der Waals surface area contributed by atoms with Gasteiger partial charge in [0.25, 0.3) is 0 Å².